The molecule has 0 atom stereocenters. The Morgan fingerprint density at radius 3 is 2.88 bits per heavy atom. The third-order valence-electron chi connectivity index (χ3n) is 3.83. The zero-order valence-corrected chi connectivity index (χ0v) is 15.5. The van der Waals surface area contributed by atoms with Crippen LogP contribution in [0.25, 0.3) is 6.08 Å². The number of benzene rings is 2. The quantitative estimate of drug-likeness (QED) is 0.569. The molecule has 0 saturated heterocycles. The maximum absolute atomic E-state index is 12.7. The summed E-state index contributed by atoms with van der Waals surface area (Å²) in [6.45, 7) is 2.54. The lowest BCUT2D eigenvalue weighted by molar-refractivity contribution is 0.104. The minimum Gasteiger partial charge on any atom is -0.504 e. The van der Waals surface area contributed by atoms with Crippen molar-refractivity contribution >= 4 is 23.6 Å². The summed E-state index contributed by atoms with van der Waals surface area (Å²) >= 11 is 1.55. The molecule has 6 heteroatoms. The molecule has 0 aliphatic carbocycles. The molecule has 0 radical (unpaired) electrons. The highest BCUT2D eigenvalue weighted by Gasteiger charge is 2.20. The van der Waals surface area contributed by atoms with Crippen molar-refractivity contribution in [3.8, 4) is 23.0 Å². The first-order chi connectivity index (χ1) is 12.6. The largest absolute Gasteiger partial charge is 0.504 e. The van der Waals surface area contributed by atoms with E-state index in [0.29, 0.717) is 35.2 Å². The van der Waals surface area contributed by atoms with Gasteiger partial charge in [-0.15, -0.1) is 0 Å². The van der Waals surface area contributed by atoms with E-state index in [1.165, 1.54) is 13.2 Å². The minimum absolute atomic E-state index is 0.0279. The molecule has 3 rings (SSSR count). The van der Waals surface area contributed by atoms with Crippen LogP contribution in [0.1, 0.15) is 29.3 Å². The summed E-state index contributed by atoms with van der Waals surface area (Å²) in [4.78, 5) is 13.6. The number of phenols is 1. The third kappa shape index (κ3) is 3.96. The summed E-state index contributed by atoms with van der Waals surface area (Å²) in [6.07, 6.45) is 3.98. The number of carbonyl (C=O) groups excluding carboxylic acids is 1. The van der Waals surface area contributed by atoms with Gasteiger partial charge in [-0.25, -0.2) is 0 Å². The second-order valence-electron chi connectivity index (χ2n) is 5.68. The zero-order chi connectivity index (χ0) is 18.5. The fourth-order valence-electron chi connectivity index (χ4n) is 2.52. The van der Waals surface area contributed by atoms with Crippen molar-refractivity contribution in [2.24, 2.45) is 0 Å². The number of hydrogen-bond donors (Lipinski definition) is 1. The van der Waals surface area contributed by atoms with Gasteiger partial charge in [0.1, 0.15) is 17.4 Å². The van der Waals surface area contributed by atoms with Crippen LogP contribution < -0.4 is 14.2 Å². The van der Waals surface area contributed by atoms with E-state index in [-0.39, 0.29) is 11.5 Å². The molecule has 0 aromatic heterocycles. The van der Waals surface area contributed by atoms with E-state index in [0.717, 1.165) is 17.1 Å². The van der Waals surface area contributed by atoms with Crippen LogP contribution in [-0.2, 0) is 0 Å². The van der Waals surface area contributed by atoms with Gasteiger partial charge in [-0.05, 0) is 36.3 Å². The average molecular weight is 372 g/mol. The molecule has 0 amide bonds. The Hall–Kier alpha value is -2.60. The van der Waals surface area contributed by atoms with E-state index in [9.17, 15) is 9.90 Å². The SMILES string of the molecule is CCCOc1cc2c(cc1C(=O)/C=C/c1ccc(OC)c(O)c1)SCO2. The molecular formula is C20H20O5S. The lowest BCUT2D eigenvalue weighted by Gasteiger charge is -2.11. The second kappa shape index (κ2) is 8.19. The van der Waals surface area contributed by atoms with Gasteiger partial charge in [-0.3, -0.25) is 4.79 Å². The monoisotopic (exact) mass is 372 g/mol. The second-order valence-corrected chi connectivity index (χ2v) is 6.64. The molecule has 1 aliphatic rings. The molecule has 1 heterocycles. The lowest BCUT2D eigenvalue weighted by atomic mass is 10.1. The van der Waals surface area contributed by atoms with Crippen molar-refractivity contribution in [2.45, 2.75) is 18.2 Å². The van der Waals surface area contributed by atoms with Gasteiger partial charge in [0.25, 0.3) is 0 Å². The number of phenolic OH excluding ortho intramolecular Hbond substituents is 1. The molecule has 1 N–H and O–H groups in total. The normalized spacial score (nSPS) is 12.7. The summed E-state index contributed by atoms with van der Waals surface area (Å²) in [5, 5.41) is 9.84. The molecule has 0 fully saturated rings. The Kier molecular flexibility index (Phi) is 5.73. The standard InChI is InChI=1S/C20H20O5S/c1-3-8-24-18-11-19-20(26-12-25-19)10-14(18)15(21)6-4-13-5-7-17(23-2)16(22)9-13/h4-7,9-11,22H,3,8,12H2,1-2H3/b6-4+. The number of allylic oxidation sites excluding steroid dienone is 1. The number of rotatable bonds is 7. The van der Waals surface area contributed by atoms with Crippen molar-refractivity contribution in [3.05, 3.63) is 47.5 Å². The molecule has 136 valence electrons. The number of ketones is 1. The molecule has 5 nitrogen and oxygen atoms in total. The number of carbonyl (C=O) groups is 1. The molecule has 26 heavy (non-hydrogen) atoms. The van der Waals surface area contributed by atoms with E-state index >= 15 is 0 Å². The van der Waals surface area contributed by atoms with Crippen LogP contribution in [0.5, 0.6) is 23.0 Å². The first-order valence-corrected chi connectivity index (χ1v) is 9.26. The van der Waals surface area contributed by atoms with Gasteiger partial charge in [-0.1, -0.05) is 30.8 Å². The average Bonchev–Trinajstić information content (AvgIpc) is 3.11. The van der Waals surface area contributed by atoms with Gasteiger partial charge >= 0.3 is 0 Å². The Morgan fingerprint density at radius 2 is 2.15 bits per heavy atom. The van der Waals surface area contributed by atoms with E-state index in [1.54, 1.807) is 42.1 Å². The predicted molar refractivity (Wildman–Crippen MR) is 102 cm³/mol. The maximum Gasteiger partial charge on any atom is 0.189 e. The molecule has 2 aromatic carbocycles. The van der Waals surface area contributed by atoms with Gasteiger partial charge in [0.2, 0.25) is 0 Å². The Labute approximate surface area is 156 Å². The molecule has 0 bridgehead atoms. The van der Waals surface area contributed by atoms with Gasteiger partial charge < -0.3 is 19.3 Å². The highest BCUT2D eigenvalue weighted by molar-refractivity contribution is 7.99. The number of ether oxygens (including phenoxy) is 3. The van der Waals surface area contributed by atoms with Gasteiger partial charge in [0.05, 0.1) is 24.2 Å². The van der Waals surface area contributed by atoms with Gasteiger partial charge in [0.15, 0.2) is 17.3 Å². The van der Waals surface area contributed by atoms with Crippen molar-refractivity contribution in [1.29, 1.82) is 0 Å². The van der Waals surface area contributed by atoms with Crippen LogP contribution in [0.15, 0.2) is 41.3 Å². The molecule has 2 aromatic rings. The number of aromatic hydroxyl groups is 1. The van der Waals surface area contributed by atoms with Crippen LogP contribution in [0.4, 0.5) is 0 Å². The Balaban J connectivity index is 1.85. The van der Waals surface area contributed by atoms with E-state index in [2.05, 4.69) is 0 Å². The highest BCUT2D eigenvalue weighted by Crippen LogP contribution is 2.41. The van der Waals surface area contributed by atoms with E-state index in [1.807, 2.05) is 13.0 Å². The minimum atomic E-state index is -0.165. The first-order valence-electron chi connectivity index (χ1n) is 8.28. The van der Waals surface area contributed by atoms with Crippen LogP contribution in [0.2, 0.25) is 0 Å². The van der Waals surface area contributed by atoms with Crippen molar-refractivity contribution in [2.75, 3.05) is 19.7 Å². The smallest absolute Gasteiger partial charge is 0.189 e. The molecule has 1 aliphatic heterocycles. The fourth-order valence-corrected chi connectivity index (χ4v) is 3.29. The van der Waals surface area contributed by atoms with E-state index in [4.69, 9.17) is 14.2 Å². The summed E-state index contributed by atoms with van der Waals surface area (Å²) in [5.74, 6) is 2.07. The van der Waals surface area contributed by atoms with Crippen molar-refractivity contribution in [1.82, 2.24) is 0 Å². The summed E-state index contributed by atoms with van der Waals surface area (Å²) < 4.78 is 16.3. The zero-order valence-electron chi connectivity index (χ0n) is 14.7. The third-order valence-corrected chi connectivity index (χ3v) is 4.70. The summed E-state index contributed by atoms with van der Waals surface area (Å²) in [6, 6.07) is 8.56. The molecular weight excluding hydrogens is 352 g/mol. The molecule has 0 unspecified atom stereocenters. The number of thioether (sulfide) groups is 1. The van der Waals surface area contributed by atoms with Crippen molar-refractivity contribution < 1.29 is 24.1 Å². The number of hydrogen-bond acceptors (Lipinski definition) is 6. The summed E-state index contributed by atoms with van der Waals surface area (Å²) in [5.41, 5.74) is 1.20. The van der Waals surface area contributed by atoms with Crippen LogP contribution in [-0.4, -0.2) is 30.5 Å². The van der Waals surface area contributed by atoms with E-state index < -0.39 is 0 Å². The maximum atomic E-state index is 12.7. The summed E-state index contributed by atoms with van der Waals surface area (Å²) in [7, 11) is 1.49. The van der Waals surface area contributed by atoms with Crippen molar-refractivity contribution in [3.63, 3.8) is 0 Å². The van der Waals surface area contributed by atoms with Crippen LogP contribution in [0, 0.1) is 0 Å². The lowest BCUT2D eigenvalue weighted by Crippen LogP contribution is -2.03. The topological polar surface area (TPSA) is 65.0 Å². The van der Waals surface area contributed by atoms with Crippen LogP contribution in [0.3, 0.4) is 0 Å². The van der Waals surface area contributed by atoms with Gasteiger partial charge in [-0.2, -0.15) is 0 Å². The highest BCUT2D eigenvalue weighted by atomic mass is 32.2. The first kappa shape index (κ1) is 18.2. The van der Waals surface area contributed by atoms with Crippen LogP contribution >= 0.6 is 11.8 Å². The Morgan fingerprint density at radius 1 is 1.31 bits per heavy atom. The fraction of sp³-hybridized carbons (Fsp3) is 0.250. The Bertz CT molecular complexity index is 844. The number of fused-ring (bicyclic) bond motifs is 1. The molecule has 0 saturated carbocycles. The number of methoxy groups -OCH3 is 1. The molecule has 0 spiro atoms. The van der Waals surface area contributed by atoms with Gasteiger partial charge in [0, 0.05) is 6.07 Å². The predicted octanol–water partition coefficient (Wildman–Crippen LogP) is 4.53.